The van der Waals surface area contributed by atoms with Crippen LogP contribution in [0.15, 0.2) is 127 Å². The van der Waals surface area contributed by atoms with Crippen LogP contribution in [0.25, 0.3) is 75.2 Å². The highest BCUT2D eigenvalue weighted by atomic mass is 32.1. The monoisotopic (exact) mass is 528 g/mol. The van der Waals surface area contributed by atoms with E-state index in [9.17, 15) is 0 Å². The van der Waals surface area contributed by atoms with Crippen LogP contribution in [-0.2, 0) is 0 Å². The largest absolute Gasteiger partial charge is 0.309 e. The Morgan fingerprint density at radius 3 is 1.77 bits per heavy atom. The van der Waals surface area contributed by atoms with Crippen molar-refractivity contribution in [2.75, 3.05) is 0 Å². The van der Waals surface area contributed by atoms with E-state index >= 15 is 0 Å². The normalized spacial score (nSPS) is 12.1. The van der Waals surface area contributed by atoms with Gasteiger partial charge in [0.1, 0.15) is 0 Å². The molecule has 0 saturated heterocycles. The summed E-state index contributed by atoms with van der Waals surface area (Å²) in [6.45, 7) is 2.18. The van der Waals surface area contributed by atoms with Crippen LogP contribution in [0.5, 0.6) is 0 Å². The molecule has 0 saturated carbocycles. The summed E-state index contributed by atoms with van der Waals surface area (Å²) in [5, 5.41) is 7.77. The van der Waals surface area contributed by atoms with E-state index < -0.39 is 0 Å². The molecule has 188 valence electrons. The second-order valence-corrected chi connectivity index (χ2v) is 11.8. The van der Waals surface area contributed by atoms with Gasteiger partial charge in [0.25, 0.3) is 0 Å². The van der Waals surface area contributed by atoms with Gasteiger partial charge >= 0.3 is 0 Å². The molecule has 0 bridgehead atoms. The smallest absolute Gasteiger partial charge is 0.0555 e. The zero-order valence-electron chi connectivity index (χ0n) is 21.9. The molecular weight excluding hydrogens is 504 g/mol. The maximum atomic E-state index is 2.47. The Balaban J connectivity index is 1.40. The molecule has 3 heterocycles. The molecule has 9 rings (SSSR count). The topological polar surface area (TPSA) is 9.86 Å². The number of thiophene rings is 1. The van der Waals surface area contributed by atoms with Crippen molar-refractivity contribution in [3.05, 3.63) is 133 Å². The first kappa shape index (κ1) is 22.0. The third kappa shape index (κ3) is 2.93. The standard InChI is InChI=1S/C37H24N2S/c1-23-17-19-28-27-11-4-7-14-32(27)39(34(28)21-23)33-15-8-16-36-37(33)29-22-24(18-20-35(29)40-36)38-30-12-5-2-9-25(30)26-10-3-6-13-31(26)38/h2-22H,1H3. The van der Waals surface area contributed by atoms with Gasteiger partial charge in [-0.05, 0) is 67.1 Å². The minimum absolute atomic E-state index is 1.19. The molecule has 40 heavy (non-hydrogen) atoms. The second-order valence-electron chi connectivity index (χ2n) is 10.7. The highest BCUT2D eigenvalue weighted by Gasteiger charge is 2.18. The van der Waals surface area contributed by atoms with Gasteiger partial charge in [-0.25, -0.2) is 0 Å². The third-order valence-electron chi connectivity index (χ3n) is 8.37. The molecule has 0 N–H and O–H groups in total. The summed E-state index contributed by atoms with van der Waals surface area (Å²) in [6.07, 6.45) is 0. The average molecular weight is 529 g/mol. The Labute approximate surface area is 234 Å². The van der Waals surface area contributed by atoms with Gasteiger partial charge in [0.2, 0.25) is 0 Å². The van der Waals surface area contributed by atoms with Gasteiger partial charge in [0.15, 0.2) is 0 Å². The van der Waals surface area contributed by atoms with Gasteiger partial charge in [-0.3, -0.25) is 0 Å². The van der Waals surface area contributed by atoms with Crippen LogP contribution in [0.2, 0.25) is 0 Å². The number of rotatable bonds is 2. The molecular formula is C37H24N2S. The summed E-state index contributed by atoms with van der Waals surface area (Å²) in [7, 11) is 0. The van der Waals surface area contributed by atoms with Crippen molar-refractivity contribution in [1.29, 1.82) is 0 Å². The fourth-order valence-electron chi connectivity index (χ4n) is 6.66. The summed E-state index contributed by atoms with van der Waals surface area (Å²) < 4.78 is 7.51. The molecule has 0 atom stereocenters. The van der Waals surface area contributed by atoms with E-state index in [4.69, 9.17) is 0 Å². The predicted octanol–water partition coefficient (Wildman–Crippen LogP) is 10.6. The lowest BCUT2D eigenvalue weighted by Gasteiger charge is -2.12. The van der Waals surface area contributed by atoms with Crippen LogP contribution < -0.4 is 0 Å². The maximum Gasteiger partial charge on any atom is 0.0555 e. The van der Waals surface area contributed by atoms with Crippen molar-refractivity contribution in [1.82, 2.24) is 9.13 Å². The zero-order chi connectivity index (χ0) is 26.4. The van der Waals surface area contributed by atoms with Crippen LogP contribution in [-0.4, -0.2) is 9.13 Å². The fourth-order valence-corrected chi connectivity index (χ4v) is 7.77. The fraction of sp³-hybridized carbons (Fsp3) is 0.0270. The van der Waals surface area contributed by atoms with Gasteiger partial charge in [-0.2, -0.15) is 0 Å². The van der Waals surface area contributed by atoms with E-state index in [0.29, 0.717) is 0 Å². The van der Waals surface area contributed by atoms with Crippen LogP contribution in [0, 0.1) is 6.92 Å². The number of aromatic nitrogens is 2. The Bertz CT molecular complexity index is 2400. The Morgan fingerprint density at radius 1 is 0.450 bits per heavy atom. The van der Waals surface area contributed by atoms with Gasteiger partial charge < -0.3 is 9.13 Å². The molecule has 2 nitrogen and oxygen atoms in total. The molecule has 0 spiro atoms. The van der Waals surface area contributed by atoms with Crippen molar-refractivity contribution in [3.63, 3.8) is 0 Å². The molecule has 0 fully saturated rings. The number of benzene rings is 6. The highest BCUT2D eigenvalue weighted by molar-refractivity contribution is 7.25. The third-order valence-corrected chi connectivity index (χ3v) is 9.50. The summed E-state index contributed by atoms with van der Waals surface area (Å²) >= 11 is 1.88. The highest BCUT2D eigenvalue weighted by Crippen LogP contribution is 2.42. The molecule has 0 aliphatic heterocycles. The van der Waals surface area contributed by atoms with Crippen LogP contribution in [0.4, 0.5) is 0 Å². The first-order valence-electron chi connectivity index (χ1n) is 13.7. The number of fused-ring (bicyclic) bond motifs is 9. The number of aryl methyl sites for hydroxylation is 1. The van der Waals surface area contributed by atoms with E-state index in [2.05, 4.69) is 143 Å². The molecule has 0 radical (unpaired) electrons. The van der Waals surface area contributed by atoms with Crippen molar-refractivity contribution >= 4 is 75.1 Å². The first-order chi connectivity index (χ1) is 19.8. The summed E-state index contributed by atoms with van der Waals surface area (Å²) in [4.78, 5) is 0. The number of hydrogen-bond acceptors (Lipinski definition) is 1. The van der Waals surface area contributed by atoms with Crippen molar-refractivity contribution in [2.45, 2.75) is 6.92 Å². The molecule has 0 aliphatic carbocycles. The van der Waals surface area contributed by atoms with Crippen molar-refractivity contribution in [2.24, 2.45) is 0 Å². The molecule has 0 amide bonds. The maximum absolute atomic E-state index is 2.47. The lowest BCUT2D eigenvalue weighted by molar-refractivity contribution is 1.18. The summed E-state index contributed by atoms with van der Waals surface area (Å²) in [5.74, 6) is 0. The van der Waals surface area contributed by atoms with E-state index in [1.54, 1.807) is 0 Å². The second kappa shape index (κ2) is 8.08. The minimum atomic E-state index is 1.19. The Morgan fingerprint density at radius 2 is 1.07 bits per heavy atom. The summed E-state index contributed by atoms with van der Waals surface area (Å²) in [5.41, 5.74) is 8.67. The quantitative estimate of drug-likeness (QED) is 0.211. The number of nitrogens with zero attached hydrogens (tertiary/aromatic N) is 2. The van der Waals surface area contributed by atoms with Crippen molar-refractivity contribution in [3.8, 4) is 11.4 Å². The molecule has 0 unspecified atom stereocenters. The van der Waals surface area contributed by atoms with E-state index in [0.717, 1.165) is 0 Å². The zero-order valence-corrected chi connectivity index (χ0v) is 22.7. The molecule has 6 aromatic carbocycles. The summed E-state index contributed by atoms with van der Waals surface area (Å²) in [6, 6.07) is 46.8. The first-order valence-corrected chi connectivity index (χ1v) is 14.5. The Hall–Kier alpha value is -4.86. The molecule has 9 aromatic rings. The number of hydrogen-bond donors (Lipinski definition) is 0. The van der Waals surface area contributed by atoms with Gasteiger partial charge in [-0.1, -0.05) is 72.8 Å². The van der Waals surface area contributed by atoms with Crippen molar-refractivity contribution < 1.29 is 0 Å². The predicted molar refractivity (Wildman–Crippen MR) is 173 cm³/mol. The van der Waals surface area contributed by atoms with Gasteiger partial charge in [-0.15, -0.1) is 11.3 Å². The van der Waals surface area contributed by atoms with Crippen LogP contribution in [0.3, 0.4) is 0 Å². The Kier molecular flexibility index (Phi) is 4.44. The van der Waals surface area contributed by atoms with Crippen LogP contribution >= 0.6 is 11.3 Å². The minimum Gasteiger partial charge on any atom is -0.309 e. The van der Waals surface area contributed by atoms with E-state index in [-0.39, 0.29) is 0 Å². The average Bonchev–Trinajstić information content (AvgIpc) is 3.64. The van der Waals surface area contributed by atoms with Gasteiger partial charge in [0.05, 0.1) is 27.8 Å². The molecule has 3 aromatic heterocycles. The van der Waals surface area contributed by atoms with E-state index in [1.807, 2.05) is 11.3 Å². The lowest BCUT2D eigenvalue weighted by atomic mass is 10.1. The lowest BCUT2D eigenvalue weighted by Crippen LogP contribution is -1.95. The SMILES string of the molecule is Cc1ccc2c3ccccc3n(-c3cccc4sc5ccc(-n6c7ccccc7c7ccccc76)cc5c34)c2c1. The molecule has 3 heteroatoms. The van der Waals surface area contributed by atoms with Gasteiger partial charge in [0, 0.05) is 47.4 Å². The van der Waals surface area contributed by atoms with Crippen LogP contribution in [0.1, 0.15) is 5.56 Å². The number of para-hydroxylation sites is 3. The van der Waals surface area contributed by atoms with E-state index in [1.165, 1.54) is 80.7 Å². The molecule has 0 aliphatic rings.